The summed E-state index contributed by atoms with van der Waals surface area (Å²) in [7, 11) is 0. The maximum atomic E-state index is 12.7. The SMILES string of the molecule is O=C(O)CCCN1C(=O)/C(=C/c2cc(Cl)ccc2OCC(=O)Nc2ccc(Cl)cc2)SC1=S. The molecule has 0 atom stereocenters. The molecule has 0 aromatic heterocycles. The Morgan fingerprint density at radius 2 is 1.85 bits per heavy atom. The van der Waals surface area contributed by atoms with Crippen molar-refractivity contribution >= 4 is 81.0 Å². The zero-order valence-electron chi connectivity index (χ0n) is 17.0. The number of anilines is 1. The number of carboxylic acids is 1. The molecule has 172 valence electrons. The van der Waals surface area contributed by atoms with Crippen molar-refractivity contribution in [2.75, 3.05) is 18.5 Å². The summed E-state index contributed by atoms with van der Waals surface area (Å²) in [6.45, 7) is -0.0423. The van der Waals surface area contributed by atoms with E-state index in [4.69, 9.17) is 45.3 Å². The summed E-state index contributed by atoms with van der Waals surface area (Å²) in [6, 6.07) is 11.5. The molecule has 7 nitrogen and oxygen atoms in total. The standard InChI is InChI=1S/C22H18Cl2N2O5S2/c23-14-3-6-16(7-4-14)25-19(27)12-31-17-8-5-15(24)10-13(17)11-18-21(30)26(22(32)33-18)9-1-2-20(28)29/h3-8,10-11H,1-2,9,12H2,(H,25,27)(H,28,29)/b18-11-. The summed E-state index contributed by atoms with van der Waals surface area (Å²) in [5.74, 6) is -1.26. The van der Waals surface area contributed by atoms with Crippen molar-refractivity contribution in [1.29, 1.82) is 0 Å². The van der Waals surface area contributed by atoms with Gasteiger partial charge in [-0.15, -0.1) is 0 Å². The topological polar surface area (TPSA) is 95.9 Å². The Hall–Kier alpha value is -2.59. The van der Waals surface area contributed by atoms with Crippen LogP contribution in [0.15, 0.2) is 47.4 Å². The third kappa shape index (κ3) is 7.20. The number of hydrogen-bond acceptors (Lipinski definition) is 6. The summed E-state index contributed by atoms with van der Waals surface area (Å²) >= 11 is 18.3. The molecule has 11 heteroatoms. The third-order valence-electron chi connectivity index (χ3n) is 4.39. The van der Waals surface area contributed by atoms with E-state index >= 15 is 0 Å². The third-order valence-corrected chi connectivity index (χ3v) is 6.26. The van der Waals surface area contributed by atoms with Crippen molar-refractivity contribution < 1.29 is 24.2 Å². The van der Waals surface area contributed by atoms with Crippen LogP contribution in [0.2, 0.25) is 10.0 Å². The first-order chi connectivity index (χ1) is 15.7. The van der Waals surface area contributed by atoms with Crippen LogP contribution >= 0.6 is 47.2 Å². The minimum atomic E-state index is -0.934. The first kappa shape index (κ1) is 25.0. The van der Waals surface area contributed by atoms with Gasteiger partial charge >= 0.3 is 5.97 Å². The number of benzene rings is 2. The number of ether oxygens (including phenoxy) is 1. The Balaban J connectivity index is 1.69. The highest BCUT2D eigenvalue weighted by molar-refractivity contribution is 8.26. The lowest BCUT2D eigenvalue weighted by Gasteiger charge is -2.13. The molecule has 2 amide bonds. The van der Waals surface area contributed by atoms with Gasteiger partial charge in [0.1, 0.15) is 10.1 Å². The fourth-order valence-corrected chi connectivity index (χ4v) is 4.47. The van der Waals surface area contributed by atoms with Crippen molar-refractivity contribution in [2.24, 2.45) is 0 Å². The highest BCUT2D eigenvalue weighted by atomic mass is 35.5. The van der Waals surface area contributed by atoms with Crippen LogP contribution in [0, 0.1) is 0 Å². The van der Waals surface area contributed by atoms with Crippen LogP contribution in [0.4, 0.5) is 5.69 Å². The summed E-state index contributed by atoms with van der Waals surface area (Å²) in [6.07, 6.45) is 1.83. The van der Waals surface area contributed by atoms with E-state index in [1.165, 1.54) is 4.90 Å². The molecule has 3 rings (SSSR count). The van der Waals surface area contributed by atoms with Crippen LogP contribution in [0.1, 0.15) is 18.4 Å². The molecule has 0 radical (unpaired) electrons. The molecule has 0 spiro atoms. The van der Waals surface area contributed by atoms with Crippen LogP contribution < -0.4 is 10.1 Å². The molecule has 0 bridgehead atoms. The highest BCUT2D eigenvalue weighted by Crippen LogP contribution is 2.35. The van der Waals surface area contributed by atoms with Crippen molar-refractivity contribution in [3.8, 4) is 5.75 Å². The summed E-state index contributed by atoms with van der Waals surface area (Å²) in [5.41, 5.74) is 1.09. The smallest absolute Gasteiger partial charge is 0.303 e. The lowest BCUT2D eigenvalue weighted by Crippen LogP contribution is -2.29. The van der Waals surface area contributed by atoms with Gasteiger partial charge in [0.05, 0.1) is 4.91 Å². The number of carbonyl (C=O) groups excluding carboxylic acids is 2. The van der Waals surface area contributed by atoms with Gasteiger partial charge in [0.25, 0.3) is 11.8 Å². The van der Waals surface area contributed by atoms with Gasteiger partial charge in [-0.3, -0.25) is 19.3 Å². The van der Waals surface area contributed by atoms with Crippen molar-refractivity contribution in [2.45, 2.75) is 12.8 Å². The van der Waals surface area contributed by atoms with Gasteiger partial charge in [0, 0.05) is 34.3 Å². The van der Waals surface area contributed by atoms with Gasteiger partial charge in [-0.05, 0) is 55.0 Å². The zero-order chi connectivity index (χ0) is 24.0. The number of rotatable bonds is 9. The number of carbonyl (C=O) groups is 3. The van der Waals surface area contributed by atoms with Crippen LogP contribution in [0.25, 0.3) is 6.08 Å². The van der Waals surface area contributed by atoms with E-state index in [1.807, 2.05) is 0 Å². The second kappa shape index (κ2) is 11.5. The normalized spacial score (nSPS) is 14.6. The van der Waals surface area contributed by atoms with Gasteiger partial charge in [-0.1, -0.05) is 47.2 Å². The summed E-state index contributed by atoms with van der Waals surface area (Å²) in [5, 5.41) is 12.5. The molecule has 33 heavy (non-hydrogen) atoms. The fraction of sp³-hybridized carbons (Fsp3) is 0.182. The van der Waals surface area contributed by atoms with Crippen molar-refractivity contribution in [3.63, 3.8) is 0 Å². The van der Waals surface area contributed by atoms with E-state index in [0.717, 1.165) is 11.8 Å². The second-order valence-electron chi connectivity index (χ2n) is 6.86. The molecule has 0 saturated carbocycles. The second-order valence-corrected chi connectivity index (χ2v) is 9.41. The van der Waals surface area contributed by atoms with Gasteiger partial charge < -0.3 is 15.2 Å². The van der Waals surface area contributed by atoms with Gasteiger partial charge in [0.15, 0.2) is 6.61 Å². The molecule has 1 aliphatic heterocycles. The fourth-order valence-electron chi connectivity index (χ4n) is 2.86. The summed E-state index contributed by atoms with van der Waals surface area (Å²) < 4.78 is 6.02. The molecular formula is C22H18Cl2N2O5S2. The predicted molar refractivity (Wildman–Crippen MR) is 134 cm³/mol. The number of carboxylic acid groups (broad SMARTS) is 1. The summed E-state index contributed by atoms with van der Waals surface area (Å²) in [4.78, 5) is 37.4. The van der Waals surface area contributed by atoms with Crippen LogP contribution in [-0.4, -0.2) is 45.3 Å². The number of aliphatic carboxylic acids is 1. The number of amides is 2. The zero-order valence-corrected chi connectivity index (χ0v) is 20.2. The Morgan fingerprint density at radius 3 is 2.55 bits per heavy atom. The van der Waals surface area contributed by atoms with E-state index in [-0.39, 0.29) is 31.4 Å². The average molecular weight is 525 g/mol. The van der Waals surface area contributed by atoms with Gasteiger partial charge in [-0.25, -0.2) is 0 Å². The maximum absolute atomic E-state index is 12.7. The van der Waals surface area contributed by atoms with Gasteiger partial charge in [0.2, 0.25) is 0 Å². The van der Waals surface area contributed by atoms with Crippen molar-refractivity contribution in [3.05, 3.63) is 63.0 Å². The molecule has 2 aromatic carbocycles. The average Bonchev–Trinajstić information content (AvgIpc) is 3.02. The molecule has 1 heterocycles. The number of nitrogens with one attached hydrogen (secondary N) is 1. The maximum Gasteiger partial charge on any atom is 0.303 e. The van der Waals surface area contributed by atoms with Crippen molar-refractivity contribution in [1.82, 2.24) is 4.90 Å². The lowest BCUT2D eigenvalue weighted by atomic mass is 10.2. The Morgan fingerprint density at radius 1 is 1.15 bits per heavy atom. The van der Waals surface area contributed by atoms with E-state index in [2.05, 4.69) is 5.32 Å². The number of thiocarbonyl (C=S) groups is 1. The molecule has 1 saturated heterocycles. The lowest BCUT2D eigenvalue weighted by molar-refractivity contribution is -0.137. The minimum Gasteiger partial charge on any atom is -0.483 e. The minimum absolute atomic E-state index is 0.0551. The molecular weight excluding hydrogens is 507 g/mol. The number of hydrogen-bond donors (Lipinski definition) is 2. The van der Waals surface area contributed by atoms with E-state index in [0.29, 0.717) is 42.7 Å². The Kier molecular flexibility index (Phi) is 8.74. The number of nitrogens with zero attached hydrogens (tertiary/aromatic N) is 1. The molecule has 0 unspecified atom stereocenters. The predicted octanol–water partition coefficient (Wildman–Crippen LogP) is 5.08. The Labute approximate surface area is 209 Å². The van der Waals surface area contributed by atoms with Crippen LogP contribution in [-0.2, 0) is 14.4 Å². The highest BCUT2D eigenvalue weighted by Gasteiger charge is 2.32. The number of thioether (sulfide) groups is 1. The van der Waals surface area contributed by atoms with E-state index < -0.39 is 5.97 Å². The Bertz CT molecular complexity index is 1120. The first-order valence-electron chi connectivity index (χ1n) is 9.68. The molecule has 1 fully saturated rings. The van der Waals surface area contributed by atoms with Gasteiger partial charge in [-0.2, -0.15) is 0 Å². The monoisotopic (exact) mass is 524 g/mol. The van der Waals surface area contributed by atoms with E-state index in [1.54, 1.807) is 48.5 Å². The quantitative estimate of drug-likeness (QED) is 0.348. The molecule has 2 aromatic rings. The van der Waals surface area contributed by atoms with E-state index in [9.17, 15) is 14.4 Å². The first-order valence-corrected chi connectivity index (χ1v) is 11.7. The molecule has 1 aliphatic rings. The molecule has 2 N–H and O–H groups in total. The largest absolute Gasteiger partial charge is 0.483 e. The molecule has 0 aliphatic carbocycles. The number of halogens is 2. The van der Waals surface area contributed by atoms with Crippen LogP contribution in [0.5, 0.6) is 5.75 Å². The van der Waals surface area contributed by atoms with Crippen LogP contribution in [0.3, 0.4) is 0 Å².